The lowest BCUT2D eigenvalue weighted by Gasteiger charge is -2.09. The van der Waals surface area contributed by atoms with E-state index in [0.717, 1.165) is 0 Å². The van der Waals surface area contributed by atoms with Gasteiger partial charge in [0.05, 0.1) is 24.5 Å². The van der Waals surface area contributed by atoms with Crippen LogP contribution in [0.1, 0.15) is 33.6 Å². The Labute approximate surface area is 192 Å². The zero-order valence-electron chi connectivity index (χ0n) is 17.9. The number of ether oxygens (including phenoxy) is 2. The molecule has 1 N–H and O–H groups in total. The molecular weight excluding hydrogens is 445 g/mol. The molecule has 0 bridgehead atoms. The number of aromatic nitrogens is 1. The number of halogens is 1. The minimum Gasteiger partial charge on any atom is -0.493 e. The molecule has 33 heavy (non-hydrogen) atoms. The van der Waals surface area contributed by atoms with Crippen molar-refractivity contribution in [2.45, 2.75) is 12.8 Å². The number of methoxy groups -OCH3 is 2. The quantitative estimate of drug-likeness (QED) is 0.359. The molecule has 168 valence electrons. The van der Waals surface area contributed by atoms with E-state index in [9.17, 15) is 18.8 Å². The number of hydrogen-bond acceptors (Lipinski definition) is 6. The van der Waals surface area contributed by atoms with Crippen molar-refractivity contribution < 1.29 is 23.5 Å². The molecule has 8 heteroatoms. The first-order valence-corrected chi connectivity index (χ1v) is 11.0. The van der Waals surface area contributed by atoms with Crippen molar-refractivity contribution in [2.75, 3.05) is 14.2 Å². The first-order chi connectivity index (χ1) is 15.9. The Balaban J connectivity index is 1.56. The summed E-state index contributed by atoms with van der Waals surface area (Å²) in [5, 5.41) is 2.31. The van der Waals surface area contributed by atoms with Crippen LogP contribution >= 0.6 is 11.3 Å². The fourth-order valence-corrected chi connectivity index (χ4v) is 4.61. The Hall–Kier alpha value is -3.78. The second kappa shape index (κ2) is 9.38. The average Bonchev–Trinajstić information content (AvgIpc) is 3.27. The number of fused-ring (bicyclic) bond motifs is 1. The van der Waals surface area contributed by atoms with Crippen molar-refractivity contribution in [1.29, 1.82) is 0 Å². The number of aromatic amines is 1. The predicted molar refractivity (Wildman–Crippen MR) is 125 cm³/mol. The molecule has 0 aliphatic carbocycles. The highest BCUT2D eigenvalue weighted by Gasteiger charge is 2.19. The van der Waals surface area contributed by atoms with Crippen LogP contribution < -0.4 is 14.9 Å². The van der Waals surface area contributed by atoms with E-state index < -0.39 is 11.2 Å². The number of pyridine rings is 1. The van der Waals surface area contributed by atoms with Gasteiger partial charge in [0, 0.05) is 52.7 Å². The molecule has 2 aromatic carbocycles. The maximum absolute atomic E-state index is 14.1. The van der Waals surface area contributed by atoms with E-state index in [1.54, 1.807) is 35.7 Å². The lowest BCUT2D eigenvalue weighted by atomic mass is 9.99. The van der Waals surface area contributed by atoms with E-state index in [-0.39, 0.29) is 35.6 Å². The third kappa shape index (κ3) is 4.29. The third-order valence-corrected chi connectivity index (χ3v) is 6.38. The van der Waals surface area contributed by atoms with Crippen molar-refractivity contribution in [3.63, 3.8) is 0 Å². The van der Waals surface area contributed by atoms with Gasteiger partial charge in [-0.25, -0.2) is 4.39 Å². The van der Waals surface area contributed by atoms with Crippen LogP contribution in [-0.2, 0) is 0 Å². The number of benzene rings is 2. The van der Waals surface area contributed by atoms with E-state index in [0.29, 0.717) is 32.7 Å². The van der Waals surface area contributed by atoms with Gasteiger partial charge < -0.3 is 14.5 Å². The number of carbonyl (C=O) groups excluding carboxylic acids is 2. The molecule has 0 amide bonds. The van der Waals surface area contributed by atoms with Gasteiger partial charge in [-0.15, -0.1) is 11.3 Å². The molecule has 0 saturated heterocycles. The molecule has 0 fully saturated rings. The molecular formula is C25H20FNO5S. The number of thiophene rings is 1. The molecule has 0 unspecified atom stereocenters. The van der Waals surface area contributed by atoms with E-state index in [4.69, 9.17) is 9.47 Å². The van der Waals surface area contributed by atoms with Crippen molar-refractivity contribution in [1.82, 2.24) is 4.98 Å². The Kier molecular flexibility index (Phi) is 6.37. The summed E-state index contributed by atoms with van der Waals surface area (Å²) < 4.78 is 24.9. The molecule has 0 aliphatic heterocycles. The number of Topliss-reactive ketones (excluding diaryl/α,β-unsaturated/α-hetero) is 2. The molecule has 6 nitrogen and oxygen atoms in total. The van der Waals surface area contributed by atoms with Crippen LogP contribution in [0.4, 0.5) is 4.39 Å². The average molecular weight is 466 g/mol. The first-order valence-electron chi connectivity index (χ1n) is 10.1. The Bertz CT molecular complexity index is 1420. The van der Waals surface area contributed by atoms with Gasteiger partial charge in [0.25, 0.3) is 0 Å². The zero-order chi connectivity index (χ0) is 23.5. The van der Waals surface area contributed by atoms with Gasteiger partial charge in [0.2, 0.25) is 0 Å². The molecule has 0 saturated carbocycles. The number of hydrogen-bond donors (Lipinski definition) is 1. The second-order valence-corrected chi connectivity index (χ2v) is 8.17. The molecule has 0 aliphatic rings. The Morgan fingerprint density at radius 2 is 1.73 bits per heavy atom. The van der Waals surface area contributed by atoms with Gasteiger partial charge in [-0.2, -0.15) is 0 Å². The summed E-state index contributed by atoms with van der Waals surface area (Å²) in [6, 6.07) is 9.46. The molecule has 2 heterocycles. The van der Waals surface area contributed by atoms with Crippen LogP contribution in [0.2, 0.25) is 0 Å². The Morgan fingerprint density at radius 1 is 0.970 bits per heavy atom. The fourth-order valence-electron chi connectivity index (χ4n) is 3.64. The number of rotatable bonds is 8. The van der Waals surface area contributed by atoms with Crippen LogP contribution in [0.15, 0.2) is 59.0 Å². The number of ketones is 2. The largest absolute Gasteiger partial charge is 0.493 e. The van der Waals surface area contributed by atoms with Crippen molar-refractivity contribution >= 4 is 33.0 Å². The van der Waals surface area contributed by atoms with Gasteiger partial charge in [-0.05, 0) is 24.3 Å². The van der Waals surface area contributed by atoms with E-state index in [1.807, 2.05) is 0 Å². The number of nitrogens with one attached hydrogen (secondary N) is 1. The maximum atomic E-state index is 14.1. The summed E-state index contributed by atoms with van der Waals surface area (Å²) in [6.45, 7) is 0. The van der Waals surface area contributed by atoms with Gasteiger partial charge in [0.1, 0.15) is 5.82 Å². The molecule has 0 radical (unpaired) electrons. The topological polar surface area (TPSA) is 85.5 Å². The minimum atomic E-state index is -0.457. The lowest BCUT2D eigenvalue weighted by Crippen LogP contribution is -2.18. The summed E-state index contributed by atoms with van der Waals surface area (Å²) in [7, 11) is 2.97. The molecule has 0 atom stereocenters. The standard InChI is InChI=1S/C25H20FNO5S/c1-31-22-9-6-14(10-23(22)32-2)20(28)7-8-21(29)17-12-27-11-16(24(17)30)18-13-33-25-15(18)4-3-5-19(25)26/h3-6,9-13H,7-8H2,1-2H3,(H,27,30). The van der Waals surface area contributed by atoms with Crippen molar-refractivity contribution in [3.05, 3.63) is 81.3 Å². The molecule has 2 aromatic heterocycles. The van der Waals surface area contributed by atoms with Gasteiger partial charge >= 0.3 is 0 Å². The summed E-state index contributed by atoms with van der Waals surface area (Å²) in [6.07, 6.45) is 2.65. The van der Waals surface area contributed by atoms with Gasteiger partial charge in [0.15, 0.2) is 28.5 Å². The SMILES string of the molecule is COc1ccc(C(=O)CCC(=O)c2c[nH]cc(-c3csc4c(F)cccc34)c2=O)cc1OC. The van der Waals surface area contributed by atoms with Crippen LogP contribution in [-0.4, -0.2) is 30.8 Å². The monoisotopic (exact) mass is 465 g/mol. The van der Waals surface area contributed by atoms with Crippen molar-refractivity contribution in [2.24, 2.45) is 0 Å². The summed E-state index contributed by atoms with van der Waals surface area (Å²) in [5.74, 6) is -0.150. The van der Waals surface area contributed by atoms with Crippen LogP contribution in [0, 0.1) is 5.82 Å². The van der Waals surface area contributed by atoms with Gasteiger partial charge in [-0.3, -0.25) is 14.4 Å². The predicted octanol–water partition coefficient (Wildman–Crippen LogP) is 5.26. The van der Waals surface area contributed by atoms with E-state index in [2.05, 4.69) is 4.98 Å². The number of H-pyrrole nitrogens is 1. The first kappa shape index (κ1) is 22.4. The van der Waals surface area contributed by atoms with Crippen LogP contribution in [0.5, 0.6) is 11.5 Å². The third-order valence-electron chi connectivity index (χ3n) is 5.37. The molecule has 4 rings (SSSR count). The van der Waals surface area contributed by atoms with Crippen LogP contribution in [0.25, 0.3) is 21.2 Å². The molecule has 0 spiro atoms. The molecule has 4 aromatic rings. The summed E-state index contributed by atoms with van der Waals surface area (Å²) >= 11 is 1.20. The summed E-state index contributed by atoms with van der Waals surface area (Å²) in [4.78, 5) is 41.3. The van der Waals surface area contributed by atoms with Crippen LogP contribution in [0.3, 0.4) is 0 Å². The zero-order valence-corrected chi connectivity index (χ0v) is 18.8. The maximum Gasteiger partial charge on any atom is 0.200 e. The highest BCUT2D eigenvalue weighted by molar-refractivity contribution is 7.17. The highest BCUT2D eigenvalue weighted by atomic mass is 32.1. The summed E-state index contributed by atoms with van der Waals surface area (Å²) in [5.41, 5.74) is 0.732. The highest BCUT2D eigenvalue weighted by Crippen LogP contribution is 2.34. The smallest absolute Gasteiger partial charge is 0.200 e. The lowest BCUT2D eigenvalue weighted by molar-refractivity contribution is 0.0916. The van der Waals surface area contributed by atoms with E-state index >= 15 is 0 Å². The minimum absolute atomic E-state index is 0.0386. The number of carbonyl (C=O) groups is 2. The normalized spacial score (nSPS) is 10.9. The van der Waals surface area contributed by atoms with Crippen molar-refractivity contribution in [3.8, 4) is 22.6 Å². The van der Waals surface area contributed by atoms with E-state index in [1.165, 1.54) is 44.0 Å². The van der Waals surface area contributed by atoms with Gasteiger partial charge in [-0.1, -0.05) is 12.1 Å². The fraction of sp³-hybridized carbons (Fsp3) is 0.160. The second-order valence-electron chi connectivity index (χ2n) is 7.29. The Morgan fingerprint density at radius 3 is 2.48 bits per heavy atom.